The molecule has 6 N–H and O–H groups in total. The van der Waals surface area contributed by atoms with Gasteiger partial charge in [0.25, 0.3) is 34.4 Å². The van der Waals surface area contributed by atoms with Crippen LogP contribution in [0.25, 0.3) is 22.3 Å². The van der Waals surface area contributed by atoms with E-state index < -0.39 is 0 Å². The molecule has 0 spiro atoms. The van der Waals surface area contributed by atoms with Crippen molar-refractivity contribution >= 4 is 34.8 Å². The predicted octanol–water partition coefficient (Wildman–Crippen LogP) is 16.9. The Kier molecular flexibility index (Phi) is 38.1. The first kappa shape index (κ1) is 101. The molecule has 6 heterocycles. The number of carbonyl (C=O) groups is 3. The maximum atomic E-state index is 14.0. The zero-order valence-corrected chi connectivity index (χ0v) is 81.9. The van der Waals surface area contributed by atoms with Crippen LogP contribution >= 0.6 is 0 Å². The number of methoxy groups -OCH3 is 1. The van der Waals surface area contributed by atoms with Crippen molar-refractivity contribution in [1.82, 2.24) is 50.5 Å². The number of benzene rings is 5. The molecule has 5 fully saturated rings. The van der Waals surface area contributed by atoms with E-state index in [0.29, 0.717) is 76.1 Å². The second kappa shape index (κ2) is 49.4. The van der Waals surface area contributed by atoms with E-state index in [4.69, 9.17) is 14.2 Å². The number of aryl methyl sites for hydroxylation is 6. The summed E-state index contributed by atoms with van der Waals surface area (Å²) in [5.41, 5.74) is 21.5. The molecule has 0 unspecified atom stereocenters. The highest BCUT2D eigenvalue weighted by Gasteiger charge is 2.33. The first-order valence-corrected chi connectivity index (χ1v) is 48.4. The smallest absolute Gasteiger partial charge is 0.253 e. The third kappa shape index (κ3) is 27.6. The van der Waals surface area contributed by atoms with E-state index in [-0.39, 0.29) is 54.0 Å². The van der Waals surface area contributed by atoms with E-state index in [1.54, 1.807) is 7.11 Å². The number of ether oxygens (including phenoxy) is 3. The van der Waals surface area contributed by atoms with Crippen LogP contribution in [0.4, 0.5) is 17.1 Å². The fraction of sp³-hybridized carbons (Fsp3) is 0.523. The van der Waals surface area contributed by atoms with Gasteiger partial charge in [-0.15, -0.1) is 0 Å². The second-order valence-electron chi connectivity index (χ2n) is 37.3. The minimum atomic E-state index is -0.186. The lowest BCUT2D eigenvalue weighted by Crippen LogP contribution is -2.44. The molecule has 8 aromatic rings. The topological polar surface area (TPSA) is 236 Å². The first-order chi connectivity index (χ1) is 63.1. The van der Waals surface area contributed by atoms with Crippen molar-refractivity contribution in [1.29, 1.82) is 0 Å². The molecule has 2 aliphatic carbocycles. The quantitative estimate of drug-likeness (QED) is 0.0181. The maximum absolute atomic E-state index is 14.0. The molecule has 5 aromatic carbocycles. The average Bonchev–Trinajstić information content (AvgIpc) is 0.856. The summed E-state index contributed by atoms with van der Waals surface area (Å²) in [6.07, 6.45) is 18.0. The molecule has 0 atom stereocenters. The van der Waals surface area contributed by atoms with Crippen LogP contribution in [0.1, 0.15) is 245 Å². The fourth-order valence-electron chi connectivity index (χ4n) is 19.8. The van der Waals surface area contributed by atoms with Crippen LogP contribution in [0.3, 0.4) is 0 Å². The molecule has 22 heteroatoms. The largest absolute Gasteiger partial charge is 0.383 e. The molecule has 131 heavy (non-hydrogen) atoms. The van der Waals surface area contributed by atoms with Gasteiger partial charge in [-0.2, -0.15) is 0 Å². The number of amides is 3. The number of pyridine rings is 3. The number of hydrogen-bond donors (Lipinski definition) is 6. The van der Waals surface area contributed by atoms with Crippen LogP contribution in [0.2, 0.25) is 0 Å². The first-order valence-electron chi connectivity index (χ1n) is 48.4. The van der Waals surface area contributed by atoms with Gasteiger partial charge in [0.05, 0.1) is 19.8 Å². The number of carbonyl (C=O) groups excluding carboxylic acids is 3. The third-order valence-corrected chi connectivity index (χ3v) is 27.7. The molecule has 3 amide bonds. The minimum Gasteiger partial charge on any atom is -0.383 e. The second-order valence-corrected chi connectivity index (χ2v) is 37.3. The summed E-state index contributed by atoms with van der Waals surface area (Å²) in [4.78, 5) is 105. The number of likely N-dealkylation sites (N-methyl/N-ethyl adjacent to an activating group) is 1. The van der Waals surface area contributed by atoms with Gasteiger partial charge in [0, 0.05) is 188 Å². The average molecular weight is 1790 g/mol. The van der Waals surface area contributed by atoms with Crippen LogP contribution in [-0.2, 0) is 40.5 Å². The summed E-state index contributed by atoms with van der Waals surface area (Å²) >= 11 is 0. The van der Waals surface area contributed by atoms with Crippen LogP contribution in [0.5, 0.6) is 0 Å². The van der Waals surface area contributed by atoms with E-state index in [9.17, 15) is 28.8 Å². The van der Waals surface area contributed by atoms with Gasteiger partial charge in [-0.1, -0.05) is 73.4 Å². The molecular formula is C109H149N13O9. The molecule has 13 rings (SSSR count). The third-order valence-electron chi connectivity index (χ3n) is 27.7. The molecule has 22 nitrogen and oxygen atoms in total. The van der Waals surface area contributed by atoms with E-state index in [0.717, 1.165) is 262 Å². The SMILES string of the molecule is CCCOCc1ccc(-c2cc(C(=O)NCc3c(C)cc(C)[nH]c3=O)c(C)c(N(CC)C3CCC(N(C)C)CC3)c2)cc1.CCN(c1cc(-c2ccc(C#CCN3CCCCC3)cc2)cc(C(=O)NCc2c(C)cc(C)[nH]c2=O)c1C)C1CCC(N(C)CCOC)CC1.CCN(c1cc(C#CC2CCN(C)CC2)cc(C(=O)NCc2c(C)cc(C)[nH]c2=O)c1C)C1CCOCC1. The van der Waals surface area contributed by atoms with E-state index in [2.05, 4.69) is 225 Å². The Bertz CT molecular complexity index is 5460. The number of hydrogen-bond acceptors (Lipinski definition) is 16. The molecule has 5 aliphatic rings. The van der Waals surface area contributed by atoms with E-state index in [1.165, 1.54) is 32.1 Å². The summed E-state index contributed by atoms with van der Waals surface area (Å²) in [5, 5.41) is 9.14. The number of nitrogens with one attached hydrogen (secondary N) is 6. The highest BCUT2D eigenvalue weighted by molar-refractivity contribution is 6.00. The molecule has 0 radical (unpaired) electrons. The van der Waals surface area contributed by atoms with Crippen LogP contribution in [0.15, 0.2) is 118 Å². The maximum Gasteiger partial charge on any atom is 0.253 e. The lowest BCUT2D eigenvalue weighted by atomic mass is 9.88. The predicted molar refractivity (Wildman–Crippen MR) is 535 cm³/mol. The van der Waals surface area contributed by atoms with Crippen LogP contribution in [0, 0.1) is 91.9 Å². The Morgan fingerprint density at radius 3 is 1.31 bits per heavy atom. The summed E-state index contributed by atoms with van der Waals surface area (Å²) in [5.74, 6) is 13.5. The zero-order valence-electron chi connectivity index (χ0n) is 81.9. The van der Waals surface area contributed by atoms with Gasteiger partial charge >= 0.3 is 0 Å². The van der Waals surface area contributed by atoms with Crippen molar-refractivity contribution < 1.29 is 28.6 Å². The van der Waals surface area contributed by atoms with Gasteiger partial charge in [0.2, 0.25) is 0 Å². The highest BCUT2D eigenvalue weighted by Crippen LogP contribution is 2.40. The fourth-order valence-corrected chi connectivity index (χ4v) is 19.8. The van der Waals surface area contributed by atoms with Gasteiger partial charge in [0.1, 0.15) is 0 Å². The zero-order chi connectivity index (χ0) is 94.0. The van der Waals surface area contributed by atoms with E-state index >= 15 is 0 Å². The monoisotopic (exact) mass is 1780 g/mol. The highest BCUT2D eigenvalue weighted by atomic mass is 16.5. The summed E-state index contributed by atoms with van der Waals surface area (Å²) in [6.45, 7) is 39.0. The minimum absolute atomic E-state index is 0.155. The Morgan fingerprint density at radius 2 is 0.885 bits per heavy atom. The number of nitrogens with zero attached hydrogens (tertiary/aromatic N) is 7. The van der Waals surface area contributed by atoms with Crippen molar-refractivity contribution in [2.24, 2.45) is 5.92 Å². The van der Waals surface area contributed by atoms with Gasteiger partial charge in [-0.05, 0) is 362 Å². The molecule has 3 aliphatic heterocycles. The van der Waals surface area contributed by atoms with Crippen molar-refractivity contribution in [3.8, 4) is 45.9 Å². The lowest BCUT2D eigenvalue weighted by Gasteiger charge is -2.41. The normalized spacial score (nSPS) is 17.4. The molecule has 0 bridgehead atoms. The number of aromatic amines is 3. The van der Waals surface area contributed by atoms with Gasteiger partial charge in [-0.25, -0.2) is 0 Å². The number of aromatic nitrogens is 3. The van der Waals surface area contributed by atoms with Crippen molar-refractivity contribution in [3.63, 3.8) is 0 Å². The Labute approximate surface area is 780 Å². The van der Waals surface area contributed by atoms with Gasteiger partial charge in [-0.3, -0.25) is 33.7 Å². The van der Waals surface area contributed by atoms with Crippen molar-refractivity contribution in [2.45, 2.75) is 249 Å². The number of likely N-dealkylation sites (tertiary alicyclic amines) is 2. The van der Waals surface area contributed by atoms with Crippen LogP contribution in [-0.4, -0.2) is 203 Å². The van der Waals surface area contributed by atoms with Crippen molar-refractivity contribution in [3.05, 3.63) is 235 Å². The van der Waals surface area contributed by atoms with Crippen molar-refractivity contribution in [2.75, 3.05) is 135 Å². The number of rotatable bonds is 30. The summed E-state index contributed by atoms with van der Waals surface area (Å²) in [6, 6.07) is 37.6. The Hall–Kier alpha value is -10.4. The van der Waals surface area contributed by atoms with Gasteiger partial charge in [0.15, 0.2) is 0 Å². The standard InChI is InChI=1S/C42H57N5O3.C36H50N4O3.C31H42N4O3/c1-7-47(37-19-17-36(18-20-37)45(5)24-25-50-6)40-28-35(34-15-13-33(14-16-34)12-11-23-46-21-9-8-10-22-46)27-38(32(40)4)41(48)43-29-39-30(2)26-31(3)44-42(39)49;1-8-18-43-23-27-10-12-28(13-11-27)29-20-32(35(41)37-22-33-24(3)19-25(4)38-36(33)42)26(5)34(21-29)40(9-2)31-16-14-30(15-17-31)39(6)7;1-6-35(26-11-15-38-16-12-26)29-19-25(8-7-24-9-13-34(5)14-10-24)18-27(23(29)4)30(36)32-20-28-21(2)17-22(3)33-31(28)37/h13-16,26-28,36-37H,7-10,17-25,29H2,1-6H3,(H,43,48)(H,44,49);10-13,19-21,30-31H,8-9,14-18,22-23H2,1-7H3,(H,37,41)(H,38,42);17-19,24,26H,6,9-16,20H2,1-5H3,(H,32,36)(H,33,37). The molecule has 3 saturated heterocycles. The van der Waals surface area contributed by atoms with E-state index in [1.807, 2.05) is 84.9 Å². The molecular weight excluding hydrogens is 1640 g/mol. The Balaban J connectivity index is 0.000000192. The lowest BCUT2D eigenvalue weighted by molar-refractivity contribution is 0.0845. The summed E-state index contributed by atoms with van der Waals surface area (Å²) in [7, 11) is 10.5. The number of H-pyrrole nitrogens is 3. The number of piperidine rings is 2. The molecule has 704 valence electrons. The molecule has 2 saturated carbocycles. The Morgan fingerprint density at radius 1 is 0.466 bits per heavy atom. The molecule has 3 aromatic heterocycles. The number of anilines is 3. The van der Waals surface area contributed by atoms with Gasteiger partial charge < -0.3 is 74.5 Å². The summed E-state index contributed by atoms with van der Waals surface area (Å²) < 4.78 is 16.7. The van der Waals surface area contributed by atoms with Crippen LogP contribution < -0.4 is 47.3 Å².